The van der Waals surface area contributed by atoms with Crippen LogP contribution in [-0.2, 0) is 6.42 Å². The zero-order valence-electron chi connectivity index (χ0n) is 8.57. The summed E-state index contributed by atoms with van der Waals surface area (Å²) in [5, 5.41) is 6.69. The minimum Gasteiger partial charge on any atom is -0.314 e. The van der Waals surface area contributed by atoms with Crippen molar-refractivity contribution in [2.75, 3.05) is 26.2 Å². The molecule has 2 heterocycles. The van der Waals surface area contributed by atoms with Crippen molar-refractivity contribution < 1.29 is 0 Å². The predicted octanol–water partition coefficient (Wildman–Crippen LogP) is 0.979. The van der Waals surface area contributed by atoms with Crippen LogP contribution in [0.3, 0.4) is 0 Å². The number of nitrogens with one attached hydrogen (secondary N) is 1. The predicted molar refractivity (Wildman–Crippen MR) is 59.7 cm³/mol. The van der Waals surface area contributed by atoms with Crippen LogP contribution in [0.2, 0.25) is 0 Å². The van der Waals surface area contributed by atoms with E-state index in [-0.39, 0.29) is 0 Å². The third-order valence-electron chi connectivity index (χ3n) is 2.73. The number of hydrogen-bond acceptors (Lipinski definition) is 4. The minimum atomic E-state index is 0.628. The van der Waals surface area contributed by atoms with Crippen LogP contribution in [0.1, 0.15) is 11.9 Å². The van der Waals surface area contributed by atoms with Gasteiger partial charge < -0.3 is 5.32 Å². The standard InChI is InChI=1S/C10H17N3S/c1-9(8-10-12-4-7-14-10)13-5-2-11-3-6-13/h4,7,9,11H,2-3,5-6,8H2,1H3. The first-order valence-electron chi connectivity index (χ1n) is 5.19. The summed E-state index contributed by atoms with van der Waals surface area (Å²) in [6.45, 7) is 6.90. The number of thiazole rings is 1. The molecule has 3 nitrogen and oxygen atoms in total. The van der Waals surface area contributed by atoms with Crippen LogP contribution < -0.4 is 5.32 Å². The Kier molecular flexibility index (Phi) is 3.50. The molecule has 0 bridgehead atoms. The van der Waals surface area contributed by atoms with Crippen molar-refractivity contribution in [3.63, 3.8) is 0 Å². The quantitative estimate of drug-likeness (QED) is 0.808. The summed E-state index contributed by atoms with van der Waals surface area (Å²) in [6.07, 6.45) is 2.99. The highest BCUT2D eigenvalue weighted by Gasteiger charge is 2.17. The fraction of sp³-hybridized carbons (Fsp3) is 0.700. The van der Waals surface area contributed by atoms with Crippen molar-refractivity contribution in [1.29, 1.82) is 0 Å². The maximum atomic E-state index is 4.33. The summed E-state index contributed by atoms with van der Waals surface area (Å²) in [7, 11) is 0. The summed E-state index contributed by atoms with van der Waals surface area (Å²) in [5.41, 5.74) is 0. The lowest BCUT2D eigenvalue weighted by Crippen LogP contribution is -2.48. The molecule has 1 aromatic heterocycles. The van der Waals surface area contributed by atoms with Crippen molar-refractivity contribution in [3.05, 3.63) is 16.6 Å². The molecule has 1 N–H and O–H groups in total. The van der Waals surface area contributed by atoms with Gasteiger partial charge in [0.15, 0.2) is 0 Å². The lowest BCUT2D eigenvalue weighted by atomic mass is 10.2. The molecular formula is C10H17N3S. The molecule has 14 heavy (non-hydrogen) atoms. The van der Waals surface area contributed by atoms with E-state index in [1.54, 1.807) is 11.3 Å². The lowest BCUT2D eigenvalue weighted by Gasteiger charge is -2.32. The van der Waals surface area contributed by atoms with Crippen molar-refractivity contribution in [2.45, 2.75) is 19.4 Å². The zero-order chi connectivity index (χ0) is 9.80. The molecule has 1 aliphatic rings. The number of nitrogens with zero attached hydrogens (tertiary/aromatic N) is 2. The normalized spacial score (nSPS) is 20.9. The van der Waals surface area contributed by atoms with Gasteiger partial charge >= 0.3 is 0 Å². The summed E-state index contributed by atoms with van der Waals surface area (Å²) in [6, 6.07) is 0.628. The first-order chi connectivity index (χ1) is 6.86. The van der Waals surface area contributed by atoms with Gasteiger partial charge in [-0.3, -0.25) is 4.90 Å². The van der Waals surface area contributed by atoms with E-state index in [1.807, 2.05) is 6.20 Å². The van der Waals surface area contributed by atoms with Gasteiger partial charge in [0.2, 0.25) is 0 Å². The molecule has 4 heteroatoms. The van der Waals surface area contributed by atoms with Gasteiger partial charge in [0.05, 0.1) is 5.01 Å². The Bertz CT molecular complexity index is 254. The fourth-order valence-electron chi connectivity index (χ4n) is 1.86. The fourth-order valence-corrected chi connectivity index (χ4v) is 2.60. The van der Waals surface area contributed by atoms with Gasteiger partial charge in [0, 0.05) is 50.2 Å². The van der Waals surface area contributed by atoms with E-state index in [0.29, 0.717) is 6.04 Å². The van der Waals surface area contributed by atoms with Crippen molar-refractivity contribution >= 4 is 11.3 Å². The molecule has 1 fully saturated rings. The van der Waals surface area contributed by atoms with Crippen molar-refractivity contribution in [3.8, 4) is 0 Å². The van der Waals surface area contributed by atoms with E-state index in [0.717, 1.165) is 19.5 Å². The second-order valence-corrected chi connectivity index (χ2v) is 4.74. The molecule has 1 unspecified atom stereocenters. The molecule has 0 aromatic carbocycles. The first-order valence-corrected chi connectivity index (χ1v) is 6.07. The van der Waals surface area contributed by atoms with E-state index in [1.165, 1.54) is 18.1 Å². The molecular weight excluding hydrogens is 194 g/mol. The molecule has 1 atom stereocenters. The smallest absolute Gasteiger partial charge is 0.0940 e. The van der Waals surface area contributed by atoms with Crippen molar-refractivity contribution in [2.24, 2.45) is 0 Å². The summed E-state index contributed by atoms with van der Waals surface area (Å²) in [5.74, 6) is 0. The molecule has 0 radical (unpaired) electrons. The second-order valence-electron chi connectivity index (χ2n) is 3.76. The highest BCUT2D eigenvalue weighted by molar-refractivity contribution is 7.09. The molecule has 1 saturated heterocycles. The van der Waals surface area contributed by atoms with Crippen LogP contribution in [0, 0.1) is 0 Å². The molecule has 0 spiro atoms. The molecule has 78 valence electrons. The van der Waals surface area contributed by atoms with Crippen LogP contribution >= 0.6 is 11.3 Å². The van der Waals surface area contributed by atoms with E-state index < -0.39 is 0 Å². The Morgan fingerprint density at radius 2 is 2.36 bits per heavy atom. The number of piperazine rings is 1. The summed E-state index contributed by atoms with van der Waals surface area (Å²) >= 11 is 1.76. The van der Waals surface area contributed by atoms with Crippen LogP contribution in [-0.4, -0.2) is 42.1 Å². The lowest BCUT2D eigenvalue weighted by molar-refractivity contribution is 0.183. The molecule has 0 amide bonds. The van der Waals surface area contributed by atoms with E-state index in [9.17, 15) is 0 Å². The maximum Gasteiger partial charge on any atom is 0.0940 e. The summed E-state index contributed by atoms with van der Waals surface area (Å²) < 4.78 is 0. The Labute approximate surface area is 89.1 Å². The monoisotopic (exact) mass is 211 g/mol. The molecule has 0 aliphatic carbocycles. The number of aromatic nitrogens is 1. The topological polar surface area (TPSA) is 28.2 Å². The minimum absolute atomic E-state index is 0.628. The van der Waals surface area contributed by atoms with Gasteiger partial charge in [-0.2, -0.15) is 0 Å². The van der Waals surface area contributed by atoms with E-state index in [4.69, 9.17) is 0 Å². The van der Waals surface area contributed by atoms with Gasteiger partial charge in [0.1, 0.15) is 0 Å². The first kappa shape index (κ1) is 10.1. The van der Waals surface area contributed by atoms with Gasteiger partial charge in [-0.1, -0.05) is 0 Å². The molecule has 2 rings (SSSR count). The maximum absolute atomic E-state index is 4.33. The van der Waals surface area contributed by atoms with Crippen LogP contribution in [0.15, 0.2) is 11.6 Å². The average Bonchev–Trinajstić information content (AvgIpc) is 2.72. The second kappa shape index (κ2) is 4.87. The SMILES string of the molecule is CC(Cc1nccs1)N1CCNCC1. The number of hydrogen-bond donors (Lipinski definition) is 1. The largest absolute Gasteiger partial charge is 0.314 e. The Balaban J connectivity index is 1.85. The Morgan fingerprint density at radius 3 is 3.00 bits per heavy atom. The third kappa shape index (κ3) is 2.53. The zero-order valence-corrected chi connectivity index (χ0v) is 9.39. The highest BCUT2D eigenvalue weighted by atomic mass is 32.1. The van der Waals surface area contributed by atoms with Gasteiger partial charge in [-0.25, -0.2) is 4.98 Å². The Hall–Kier alpha value is -0.450. The molecule has 1 aromatic rings. The Morgan fingerprint density at radius 1 is 1.57 bits per heavy atom. The van der Waals surface area contributed by atoms with Crippen LogP contribution in [0.25, 0.3) is 0 Å². The third-order valence-corrected chi connectivity index (χ3v) is 3.53. The highest BCUT2D eigenvalue weighted by Crippen LogP contribution is 2.11. The molecule has 1 aliphatic heterocycles. The average molecular weight is 211 g/mol. The van der Waals surface area contributed by atoms with Crippen LogP contribution in [0.5, 0.6) is 0 Å². The molecule has 0 saturated carbocycles. The van der Waals surface area contributed by atoms with Crippen LogP contribution in [0.4, 0.5) is 0 Å². The number of rotatable bonds is 3. The van der Waals surface area contributed by atoms with Gasteiger partial charge in [0.25, 0.3) is 0 Å². The van der Waals surface area contributed by atoms with E-state index >= 15 is 0 Å². The van der Waals surface area contributed by atoms with Gasteiger partial charge in [-0.15, -0.1) is 11.3 Å². The van der Waals surface area contributed by atoms with E-state index in [2.05, 4.69) is 27.5 Å². The van der Waals surface area contributed by atoms with Crippen molar-refractivity contribution in [1.82, 2.24) is 15.2 Å². The van der Waals surface area contributed by atoms with Gasteiger partial charge in [-0.05, 0) is 6.92 Å². The summed E-state index contributed by atoms with van der Waals surface area (Å²) in [4.78, 5) is 6.87.